The number of thiophene rings is 1. The number of benzene rings is 1. The Hall–Kier alpha value is -0.190. The molecule has 0 nitrogen and oxygen atoms in total. The Morgan fingerprint density at radius 1 is 1.31 bits per heavy atom. The first-order valence-electron chi connectivity index (χ1n) is 4.77. The monoisotopic (exact) mass is 362 g/mol. The van der Waals surface area contributed by atoms with Crippen LogP contribution in [0.1, 0.15) is 16.0 Å². The largest absolute Gasteiger partial charge is 0.207 e. The first-order valence-corrected chi connectivity index (χ1v) is 7.36. The van der Waals surface area contributed by atoms with E-state index in [1.165, 1.54) is 11.6 Å². The van der Waals surface area contributed by atoms with Crippen molar-refractivity contribution in [3.05, 3.63) is 56.4 Å². The second-order valence-corrected chi connectivity index (χ2v) is 6.88. The number of alkyl halides is 1. The van der Waals surface area contributed by atoms with Gasteiger partial charge in [0, 0.05) is 4.83 Å². The average Bonchev–Trinajstić information content (AvgIpc) is 2.65. The van der Waals surface area contributed by atoms with Gasteiger partial charge in [0.15, 0.2) is 0 Å². The van der Waals surface area contributed by atoms with E-state index < -0.39 is 0 Å². The summed E-state index contributed by atoms with van der Waals surface area (Å²) in [7, 11) is 0. The molecule has 84 valence electrons. The van der Waals surface area contributed by atoms with E-state index in [0.29, 0.717) is 0 Å². The highest BCUT2D eigenvalue weighted by molar-refractivity contribution is 9.11. The SMILES string of the molecule is Fc1cccc(CC(Br)c2csc(Br)c2)c1. The van der Waals surface area contributed by atoms with Crippen molar-refractivity contribution in [1.29, 1.82) is 0 Å². The van der Waals surface area contributed by atoms with Gasteiger partial charge in [-0.3, -0.25) is 0 Å². The van der Waals surface area contributed by atoms with Crippen LogP contribution in [0.5, 0.6) is 0 Å². The van der Waals surface area contributed by atoms with Gasteiger partial charge in [-0.2, -0.15) is 0 Å². The third kappa shape index (κ3) is 3.15. The van der Waals surface area contributed by atoms with E-state index in [0.717, 1.165) is 15.8 Å². The molecule has 1 atom stereocenters. The Morgan fingerprint density at radius 3 is 2.75 bits per heavy atom. The standard InChI is InChI=1S/C12H9Br2FS/c13-11(9-6-12(14)16-7-9)5-8-2-1-3-10(15)4-8/h1-4,6-7,11H,5H2. The maximum absolute atomic E-state index is 13.0. The minimum absolute atomic E-state index is 0.177. The topological polar surface area (TPSA) is 0 Å². The Bertz CT molecular complexity index is 481. The van der Waals surface area contributed by atoms with Gasteiger partial charge in [0.2, 0.25) is 0 Å². The molecule has 0 aliphatic rings. The predicted octanol–water partition coefficient (Wildman–Crippen LogP) is 5.33. The quantitative estimate of drug-likeness (QED) is 0.646. The Morgan fingerprint density at radius 2 is 2.12 bits per heavy atom. The maximum atomic E-state index is 13.0. The van der Waals surface area contributed by atoms with Crippen LogP contribution in [0.4, 0.5) is 4.39 Å². The second-order valence-electron chi connectivity index (χ2n) is 3.49. The Kier molecular flexibility index (Phi) is 4.16. The summed E-state index contributed by atoms with van der Waals surface area (Å²) in [5.41, 5.74) is 2.23. The van der Waals surface area contributed by atoms with E-state index in [1.807, 2.05) is 6.07 Å². The van der Waals surface area contributed by atoms with Crippen molar-refractivity contribution >= 4 is 43.2 Å². The van der Waals surface area contributed by atoms with Gasteiger partial charge < -0.3 is 0 Å². The first-order chi connectivity index (χ1) is 7.65. The smallest absolute Gasteiger partial charge is 0.123 e. The van der Waals surface area contributed by atoms with Crippen LogP contribution in [-0.4, -0.2) is 0 Å². The van der Waals surface area contributed by atoms with Crippen molar-refractivity contribution < 1.29 is 4.39 Å². The zero-order valence-electron chi connectivity index (χ0n) is 8.29. The molecule has 0 spiro atoms. The summed E-state index contributed by atoms with van der Waals surface area (Å²) in [6.07, 6.45) is 0.793. The van der Waals surface area contributed by atoms with Gasteiger partial charge in [-0.25, -0.2) is 4.39 Å². The maximum Gasteiger partial charge on any atom is 0.123 e. The molecule has 0 saturated carbocycles. The summed E-state index contributed by atoms with van der Waals surface area (Å²) < 4.78 is 14.1. The highest BCUT2D eigenvalue weighted by Gasteiger charge is 2.10. The summed E-state index contributed by atoms with van der Waals surface area (Å²) >= 11 is 8.72. The molecule has 1 aromatic heterocycles. The number of rotatable bonds is 3. The molecule has 1 heterocycles. The minimum Gasteiger partial charge on any atom is -0.207 e. The van der Waals surface area contributed by atoms with Gasteiger partial charge in [0.25, 0.3) is 0 Å². The average molecular weight is 364 g/mol. The van der Waals surface area contributed by atoms with Crippen LogP contribution < -0.4 is 0 Å². The normalized spacial score (nSPS) is 12.7. The van der Waals surface area contributed by atoms with Crippen LogP contribution >= 0.6 is 43.2 Å². The van der Waals surface area contributed by atoms with Crippen LogP contribution in [0, 0.1) is 5.82 Å². The molecule has 0 aliphatic carbocycles. The molecule has 0 amide bonds. The lowest BCUT2D eigenvalue weighted by Crippen LogP contribution is -1.94. The fourth-order valence-corrected chi connectivity index (χ4v) is 3.52. The molecule has 2 rings (SSSR count). The van der Waals surface area contributed by atoms with Crippen LogP contribution in [0.15, 0.2) is 39.5 Å². The molecule has 0 bridgehead atoms. The number of hydrogen-bond donors (Lipinski definition) is 0. The third-order valence-corrected chi connectivity index (χ3v) is 4.63. The van der Waals surface area contributed by atoms with Crippen molar-refractivity contribution in [3.8, 4) is 0 Å². The summed E-state index contributed by atoms with van der Waals surface area (Å²) in [5.74, 6) is -0.177. The highest BCUT2D eigenvalue weighted by Crippen LogP contribution is 2.32. The summed E-state index contributed by atoms with van der Waals surface area (Å²) in [4.78, 5) is 0.233. The van der Waals surface area contributed by atoms with Crippen LogP contribution in [0.25, 0.3) is 0 Å². The molecule has 0 fully saturated rings. The van der Waals surface area contributed by atoms with Crippen molar-refractivity contribution in [2.45, 2.75) is 11.2 Å². The van der Waals surface area contributed by atoms with Crippen LogP contribution in [0.3, 0.4) is 0 Å². The van der Waals surface area contributed by atoms with E-state index >= 15 is 0 Å². The van der Waals surface area contributed by atoms with E-state index in [2.05, 4.69) is 43.3 Å². The fourth-order valence-electron chi connectivity index (χ4n) is 1.48. The Labute approximate surface area is 115 Å². The molecule has 0 saturated heterocycles. The minimum atomic E-state index is -0.177. The summed E-state index contributed by atoms with van der Waals surface area (Å²) in [5, 5.41) is 2.10. The lowest BCUT2D eigenvalue weighted by atomic mass is 10.1. The number of hydrogen-bond acceptors (Lipinski definition) is 1. The van der Waals surface area contributed by atoms with Gasteiger partial charge in [0.1, 0.15) is 5.82 Å². The molecule has 2 aromatic rings. The molecular weight excluding hydrogens is 355 g/mol. The van der Waals surface area contributed by atoms with E-state index in [9.17, 15) is 4.39 Å². The molecule has 0 N–H and O–H groups in total. The Balaban J connectivity index is 2.10. The third-order valence-electron chi connectivity index (χ3n) is 2.25. The zero-order valence-corrected chi connectivity index (χ0v) is 12.3. The van der Waals surface area contributed by atoms with Crippen molar-refractivity contribution in [3.63, 3.8) is 0 Å². The summed E-state index contributed by atoms with van der Waals surface area (Å²) in [6.45, 7) is 0. The molecule has 1 unspecified atom stereocenters. The van der Waals surface area contributed by atoms with Gasteiger partial charge in [-0.05, 0) is 57.1 Å². The molecule has 0 radical (unpaired) electrons. The van der Waals surface area contributed by atoms with Gasteiger partial charge in [0.05, 0.1) is 3.79 Å². The number of halogens is 3. The van der Waals surface area contributed by atoms with Gasteiger partial charge in [-0.15, -0.1) is 11.3 Å². The first kappa shape index (κ1) is 12.3. The molecular formula is C12H9Br2FS. The highest BCUT2D eigenvalue weighted by atomic mass is 79.9. The lowest BCUT2D eigenvalue weighted by Gasteiger charge is -2.07. The lowest BCUT2D eigenvalue weighted by molar-refractivity contribution is 0.625. The molecule has 1 aromatic carbocycles. The summed E-state index contributed by atoms with van der Waals surface area (Å²) in [6, 6.07) is 8.82. The van der Waals surface area contributed by atoms with E-state index in [-0.39, 0.29) is 10.6 Å². The molecule has 16 heavy (non-hydrogen) atoms. The fraction of sp³-hybridized carbons (Fsp3) is 0.167. The molecule has 0 aliphatic heterocycles. The van der Waals surface area contributed by atoms with Crippen molar-refractivity contribution in [2.24, 2.45) is 0 Å². The van der Waals surface area contributed by atoms with E-state index in [4.69, 9.17) is 0 Å². The van der Waals surface area contributed by atoms with E-state index in [1.54, 1.807) is 23.5 Å². The van der Waals surface area contributed by atoms with Gasteiger partial charge >= 0.3 is 0 Å². The van der Waals surface area contributed by atoms with Crippen LogP contribution in [-0.2, 0) is 6.42 Å². The van der Waals surface area contributed by atoms with Gasteiger partial charge in [-0.1, -0.05) is 28.1 Å². The van der Waals surface area contributed by atoms with Crippen molar-refractivity contribution in [1.82, 2.24) is 0 Å². The zero-order chi connectivity index (χ0) is 11.5. The predicted molar refractivity (Wildman–Crippen MR) is 73.8 cm³/mol. The van der Waals surface area contributed by atoms with Crippen LogP contribution in [0.2, 0.25) is 0 Å². The molecule has 4 heteroatoms. The second kappa shape index (κ2) is 5.43. The van der Waals surface area contributed by atoms with Crippen molar-refractivity contribution in [2.75, 3.05) is 0 Å².